The van der Waals surface area contributed by atoms with Gasteiger partial charge in [-0.15, -0.1) is 0 Å². The molecular weight excluding hydrogens is 422 g/mol. The summed E-state index contributed by atoms with van der Waals surface area (Å²) in [5, 5.41) is 6.00. The number of hydrogen-bond acceptors (Lipinski definition) is 6. The van der Waals surface area contributed by atoms with E-state index in [-0.39, 0.29) is 17.4 Å². The molecule has 2 amide bonds. The predicted octanol–water partition coefficient (Wildman–Crippen LogP) is 1.25. The van der Waals surface area contributed by atoms with E-state index in [2.05, 4.69) is 15.6 Å². The average molecular weight is 450 g/mol. The number of carbonyl (C=O) groups excluding carboxylic acids is 2. The summed E-state index contributed by atoms with van der Waals surface area (Å²) in [6, 6.07) is 10.5. The van der Waals surface area contributed by atoms with Crippen LogP contribution in [0.2, 0.25) is 0 Å². The number of hydrogen-bond donors (Lipinski definition) is 2. The van der Waals surface area contributed by atoms with E-state index in [1.54, 1.807) is 30.3 Å². The Morgan fingerprint density at radius 1 is 1.21 bits per heavy atom. The Morgan fingerprint density at radius 2 is 2.06 bits per heavy atom. The molecule has 4 rings (SSSR count). The molecule has 9 heteroatoms. The molecule has 2 heterocycles. The second-order valence-electron chi connectivity index (χ2n) is 7.93. The Labute approximate surface area is 191 Å². The van der Waals surface area contributed by atoms with Crippen LogP contribution < -0.4 is 20.9 Å². The maximum Gasteiger partial charge on any atom is 0.265 e. The lowest BCUT2D eigenvalue weighted by Crippen LogP contribution is -2.48. The number of nitrogens with zero attached hydrogens (tertiary/aromatic N) is 3. The summed E-state index contributed by atoms with van der Waals surface area (Å²) >= 11 is 0. The third-order valence-electron chi connectivity index (χ3n) is 5.59. The number of amides is 2. The van der Waals surface area contributed by atoms with Gasteiger partial charge in [-0.05, 0) is 49.7 Å². The standard InChI is InChI=1S/C24H27N5O4/c1-3-25-23(31)17-5-4-16(2)21(12-17)29-15-27-20-7-6-18(13-19(20)24(29)32)33-11-10-28-9-8-26-22(30)14-28/h4-7,12-13,15H,3,8-11,14H2,1-2H3,(H,25,31)(H,26,30). The summed E-state index contributed by atoms with van der Waals surface area (Å²) in [6.45, 7) is 7.07. The van der Waals surface area contributed by atoms with Gasteiger partial charge in [0.25, 0.3) is 11.5 Å². The number of fused-ring (bicyclic) bond motifs is 1. The number of carbonyl (C=O) groups is 2. The summed E-state index contributed by atoms with van der Waals surface area (Å²) in [6.07, 6.45) is 1.48. The van der Waals surface area contributed by atoms with Gasteiger partial charge in [0.05, 0.1) is 23.1 Å². The largest absolute Gasteiger partial charge is 0.492 e. The second-order valence-corrected chi connectivity index (χ2v) is 7.93. The number of piperazine rings is 1. The Morgan fingerprint density at radius 3 is 2.85 bits per heavy atom. The zero-order valence-corrected chi connectivity index (χ0v) is 18.8. The van der Waals surface area contributed by atoms with Crippen LogP contribution in [0.5, 0.6) is 5.75 Å². The zero-order chi connectivity index (χ0) is 23.4. The molecule has 0 aliphatic carbocycles. The lowest BCUT2D eigenvalue weighted by atomic mass is 10.1. The van der Waals surface area contributed by atoms with Gasteiger partial charge in [0.15, 0.2) is 0 Å². The van der Waals surface area contributed by atoms with Crippen molar-refractivity contribution in [3.05, 3.63) is 64.2 Å². The van der Waals surface area contributed by atoms with Gasteiger partial charge in [-0.1, -0.05) is 6.07 Å². The average Bonchev–Trinajstić information content (AvgIpc) is 2.80. The number of benzene rings is 2. The molecule has 1 saturated heterocycles. The number of aryl methyl sites for hydroxylation is 1. The Balaban J connectivity index is 1.58. The molecule has 0 radical (unpaired) electrons. The first-order valence-corrected chi connectivity index (χ1v) is 11.0. The quantitative estimate of drug-likeness (QED) is 0.563. The molecule has 0 saturated carbocycles. The van der Waals surface area contributed by atoms with Crippen molar-refractivity contribution in [1.29, 1.82) is 0 Å². The van der Waals surface area contributed by atoms with Crippen LogP contribution in [0.3, 0.4) is 0 Å². The first kappa shape index (κ1) is 22.5. The molecule has 0 spiro atoms. The molecule has 2 aromatic carbocycles. The van der Waals surface area contributed by atoms with Gasteiger partial charge < -0.3 is 15.4 Å². The highest BCUT2D eigenvalue weighted by atomic mass is 16.5. The number of ether oxygens (including phenoxy) is 1. The van der Waals surface area contributed by atoms with Crippen molar-refractivity contribution in [1.82, 2.24) is 25.1 Å². The topological polar surface area (TPSA) is 106 Å². The highest BCUT2D eigenvalue weighted by Gasteiger charge is 2.16. The molecule has 1 aromatic heterocycles. The Hall–Kier alpha value is -3.72. The maximum absolute atomic E-state index is 13.3. The normalized spacial score (nSPS) is 14.2. The molecule has 1 aliphatic rings. The van der Waals surface area contributed by atoms with E-state index in [1.807, 2.05) is 24.8 Å². The fourth-order valence-corrected chi connectivity index (χ4v) is 3.81. The molecule has 9 nitrogen and oxygen atoms in total. The molecular formula is C24H27N5O4. The third-order valence-corrected chi connectivity index (χ3v) is 5.59. The van der Waals surface area contributed by atoms with Crippen molar-refractivity contribution >= 4 is 22.7 Å². The molecule has 1 fully saturated rings. The van der Waals surface area contributed by atoms with E-state index in [1.165, 1.54) is 10.9 Å². The highest BCUT2D eigenvalue weighted by Crippen LogP contribution is 2.19. The van der Waals surface area contributed by atoms with Crippen LogP contribution in [-0.4, -0.2) is 65.6 Å². The summed E-state index contributed by atoms with van der Waals surface area (Å²) in [7, 11) is 0. The van der Waals surface area contributed by atoms with E-state index >= 15 is 0 Å². The number of rotatable bonds is 7. The van der Waals surface area contributed by atoms with Gasteiger partial charge in [-0.3, -0.25) is 23.9 Å². The van der Waals surface area contributed by atoms with Crippen LogP contribution in [0, 0.1) is 6.92 Å². The van der Waals surface area contributed by atoms with Crippen LogP contribution in [0.4, 0.5) is 0 Å². The second kappa shape index (κ2) is 9.83. The lowest BCUT2D eigenvalue weighted by Gasteiger charge is -2.26. The highest BCUT2D eigenvalue weighted by molar-refractivity contribution is 5.95. The lowest BCUT2D eigenvalue weighted by molar-refractivity contribution is -0.124. The first-order chi connectivity index (χ1) is 16.0. The molecule has 0 unspecified atom stereocenters. The molecule has 2 N–H and O–H groups in total. The fourth-order valence-electron chi connectivity index (χ4n) is 3.81. The molecule has 0 bridgehead atoms. The zero-order valence-electron chi connectivity index (χ0n) is 18.8. The Kier molecular flexibility index (Phi) is 6.69. The van der Waals surface area contributed by atoms with E-state index in [4.69, 9.17) is 4.74 Å². The molecule has 1 aliphatic heterocycles. The smallest absolute Gasteiger partial charge is 0.265 e. The van der Waals surface area contributed by atoms with E-state index in [0.717, 1.165) is 12.1 Å². The van der Waals surface area contributed by atoms with Gasteiger partial charge in [0.2, 0.25) is 5.91 Å². The minimum atomic E-state index is -0.241. The number of nitrogens with one attached hydrogen (secondary N) is 2. The van der Waals surface area contributed by atoms with Crippen LogP contribution in [0.25, 0.3) is 16.6 Å². The summed E-state index contributed by atoms with van der Waals surface area (Å²) in [4.78, 5) is 43.5. The Bertz CT molecular complexity index is 1250. The third kappa shape index (κ3) is 5.04. The maximum atomic E-state index is 13.3. The van der Waals surface area contributed by atoms with Crippen LogP contribution in [-0.2, 0) is 4.79 Å². The van der Waals surface area contributed by atoms with E-state index < -0.39 is 0 Å². The summed E-state index contributed by atoms with van der Waals surface area (Å²) in [5.41, 5.74) is 2.26. The molecule has 3 aromatic rings. The molecule has 33 heavy (non-hydrogen) atoms. The van der Waals surface area contributed by atoms with Gasteiger partial charge in [0.1, 0.15) is 18.7 Å². The minimum Gasteiger partial charge on any atom is -0.492 e. The molecule has 0 atom stereocenters. The number of aromatic nitrogens is 2. The van der Waals surface area contributed by atoms with E-state index in [0.29, 0.717) is 60.7 Å². The SMILES string of the molecule is CCNC(=O)c1ccc(C)c(-n2cnc3ccc(OCCN4CCNC(=O)C4)cc3c2=O)c1. The van der Waals surface area contributed by atoms with Crippen molar-refractivity contribution in [2.75, 3.05) is 39.3 Å². The van der Waals surface area contributed by atoms with Crippen LogP contribution in [0.15, 0.2) is 47.5 Å². The van der Waals surface area contributed by atoms with Crippen LogP contribution >= 0.6 is 0 Å². The van der Waals surface area contributed by atoms with Gasteiger partial charge in [-0.2, -0.15) is 0 Å². The first-order valence-electron chi connectivity index (χ1n) is 11.0. The fraction of sp³-hybridized carbons (Fsp3) is 0.333. The van der Waals surface area contributed by atoms with Crippen molar-refractivity contribution in [3.63, 3.8) is 0 Å². The predicted molar refractivity (Wildman–Crippen MR) is 125 cm³/mol. The van der Waals surface area contributed by atoms with Gasteiger partial charge >= 0.3 is 0 Å². The minimum absolute atomic E-state index is 0.0186. The van der Waals surface area contributed by atoms with Crippen molar-refractivity contribution in [2.45, 2.75) is 13.8 Å². The summed E-state index contributed by atoms with van der Waals surface area (Å²) < 4.78 is 7.31. The van der Waals surface area contributed by atoms with E-state index in [9.17, 15) is 14.4 Å². The van der Waals surface area contributed by atoms with Crippen molar-refractivity contribution < 1.29 is 14.3 Å². The van der Waals surface area contributed by atoms with Gasteiger partial charge in [0, 0.05) is 31.7 Å². The van der Waals surface area contributed by atoms with Crippen molar-refractivity contribution in [2.24, 2.45) is 0 Å². The van der Waals surface area contributed by atoms with Crippen molar-refractivity contribution in [3.8, 4) is 11.4 Å². The van der Waals surface area contributed by atoms with Crippen LogP contribution in [0.1, 0.15) is 22.8 Å². The monoisotopic (exact) mass is 449 g/mol. The van der Waals surface area contributed by atoms with Gasteiger partial charge in [-0.25, -0.2) is 4.98 Å². The summed E-state index contributed by atoms with van der Waals surface area (Å²) in [5.74, 6) is 0.390. The molecule has 172 valence electrons.